The molecule has 2 heterocycles. The van der Waals surface area contributed by atoms with Crippen LogP contribution in [0, 0.1) is 57.3 Å². The molecule has 0 aliphatic carbocycles. The topological polar surface area (TPSA) is 57.4 Å². The number of rotatable bonds is 8. The van der Waals surface area contributed by atoms with Crippen molar-refractivity contribution in [2.45, 2.75) is 59.3 Å². The predicted molar refractivity (Wildman–Crippen MR) is 341 cm³/mol. The minimum absolute atomic E-state index is 0.211. The lowest BCUT2D eigenvalue weighted by Crippen LogP contribution is -2.05. The second-order valence-electron chi connectivity index (χ2n) is 23.7. The van der Waals surface area contributed by atoms with Gasteiger partial charge in [0.2, 0.25) is 0 Å². The average molecular weight is 1260 g/mol. The monoisotopic (exact) mass is 1260 g/mol. The lowest BCUT2D eigenvalue weighted by molar-refractivity contribution is -0.138. The van der Waals surface area contributed by atoms with Gasteiger partial charge in [0.05, 0.1) is 79.0 Å². The molecule has 0 saturated carbocycles. The highest BCUT2D eigenvalue weighted by molar-refractivity contribution is 6.14. The second kappa shape index (κ2) is 22.2. The van der Waals surface area contributed by atoms with E-state index in [1.165, 1.54) is 0 Å². The molecule has 0 atom stereocenters. The standard InChI is InChI=1S/C77H48F12N4/c1-41-20-53(30-57(24-41)74(78,79)80)48-8-15-69-64(34-48)65-35-49(54-21-42(2)25-58(31-54)75(81,82)83)9-16-70(65)92(69)68-19-12-52(61-13-6-46(39-90)28-45(61)5)38-63(68)62-14-7-47(40-91)29-73(62)93-71-17-10-50(55-22-43(3)26-59(32-55)76(84,85)86)36-66(71)67-37-51(11-18-72(67)93)56-23-44(4)27-60(33-56)77(87,88)89/h6-38H,1-5H3. The van der Waals surface area contributed by atoms with Crippen LogP contribution in [0.5, 0.6) is 0 Å². The van der Waals surface area contributed by atoms with Crippen molar-refractivity contribution in [1.82, 2.24) is 9.13 Å². The fraction of sp³-hybridized carbons (Fsp3) is 0.117. The van der Waals surface area contributed by atoms with E-state index in [0.717, 1.165) is 59.7 Å². The van der Waals surface area contributed by atoms with Gasteiger partial charge in [-0.2, -0.15) is 63.2 Å². The highest BCUT2D eigenvalue weighted by atomic mass is 19.4. The molecule has 13 rings (SSSR count). The Balaban J connectivity index is 1.12. The van der Waals surface area contributed by atoms with E-state index in [1.807, 2.05) is 40.3 Å². The minimum atomic E-state index is -4.68. The van der Waals surface area contributed by atoms with E-state index in [0.29, 0.717) is 122 Å². The molecular weight excluding hydrogens is 1210 g/mol. The zero-order chi connectivity index (χ0) is 66.0. The molecule has 0 spiro atoms. The second-order valence-corrected chi connectivity index (χ2v) is 23.7. The molecule has 0 amide bonds. The Bertz CT molecular complexity index is 5130. The van der Waals surface area contributed by atoms with E-state index < -0.39 is 47.0 Å². The average Bonchev–Trinajstić information content (AvgIpc) is 1.60. The van der Waals surface area contributed by atoms with Crippen molar-refractivity contribution in [3.05, 3.63) is 261 Å². The molecule has 0 aliphatic rings. The van der Waals surface area contributed by atoms with Crippen LogP contribution in [-0.2, 0) is 24.7 Å². The van der Waals surface area contributed by atoms with Crippen molar-refractivity contribution in [1.29, 1.82) is 10.5 Å². The van der Waals surface area contributed by atoms with E-state index in [2.05, 4.69) is 12.1 Å². The van der Waals surface area contributed by atoms with Crippen LogP contribution >= 0.6 is 0 Å². The number of hydrogen-bond donors (Lipinski definition) is 0. The highest BCUT2D eigenvalue weighted by Crippen LogP contribution is 2.47. The number of aromatic nitrogens is 2. The molecule has 0 aliphatic heterocycles. The maximum atomic E-state index is 14.4. The van der Waals surface area contributed by atoms with E-state index in [-0.39, 0.29) is 27.8 Å². The summed E-state index contributed by atoms with van der Waals surface area (Å²) in [6.45, 7) is 8.09. The quantitative estimate of drug-likeness (QED) is 0.142. The van der Waals surface area contributed by atoms with Gasteiger partial charge >= 0.3 is 24.7 Å². The third-order valence-electron chi connectivity index (χ3n) is 17.0. The first kappa shape index (κ1) is 61.0. The third kappa shape index (κ3) is 11.3. The molecule has 11 aromatic carbocycles. The van der Waals surface area contributed by atoms with Crippen molar-refractivity contribution in [2.24, 2.45) is 0 Å². The fourth-order valence-electron chi connectivity index (χ4n) is 12.9. The Morgan fingerprint density at radius 1 is 0.269 bits per heavy atom. The van der Waals surface area contributed by atoms with Crippen LogP contribution in [-0.4, -0.2) is 9.13 Å². The number of nitriles is 2. The normalized spacial score (nSPS) is 12.3. The molecule has 0 saturated heterocycles. The largest absolute Gasteiger partial charge is 0.416 e. The summed E-state index contributed by atoms with van der Waals surface area (Å²) < 4.78 is 177. The first-order chi connectivity index (χ1) is 44.0. The van der Waals surface area contributed by atoms with Crippen LogP contribution in [0.2, 0.25) is 0 Å². The number of fused-ring (bicyclic) bond motifs is 6. The summed E-state index contributed by atoms with van der Waals surface area (Å²) in [4.78, 5) is 0. The van der Waals surface area contributed by atoms with Gasteiger partial charge in [-0.25, -0.2) is 0 Å². The molecule has 16 heteroatoms. The van der Waals surface area contributed by atoms with E-state index in [4.69, 9.17) is 0 Å². The lowest BCUT2D eigenvalue weighted by Gasteiger charge is -2.20. The molecule has 460 valence electrons. The van der Waals surface area contributed by atoms with E-state index in [1.54, 1.807) is 155 Å². The Kier molecular flexibility index (Phi) is 14.6. The van der Waals surface area contributed by atoms with Crippen LogP contribution in [0.3, 0.4) is 0 Å². The van der Waals surface area contributed by atoms with Gasteiger partial charge in [-0.05, 0) is 252 Å². The molecule has 0 unspecified atom stereocenters. The molecular formula is C77H48F12N4. The molecule has 93 heavy (non-hydrogen) atoms. The summed E-state index contributed by atoms with van der Waals surface area (Å²) in [5.41, 5.74) is 7.48. The number of aryl methyl sites for hydroxylation is 5. The van der Waals surface area contributed by atoms with Gasteiger partial charge in [-0.3, -0.25) is 0 Å². The lowest BCUT2D eigenvalue weighted by atomic mass is 9.92. The smallest absolute Gasteiger partial charge is 0.309 e. The molecule has 0 fully saturated rings. The summed E-state index contributed by atoms with van der Waals surface area (Å²) in [7, 11) is 0. The van der Waals surface area contributed by atoms with Crippen molar-refractivity contribution in [2.75, 3.05) is 0 Å². The third-order valence-corrected chi connectivity index (χ3v) is 17.0. The zero-order valence-corrected chi connectivity index (χ0v) is 49.9. The Morgan fingerprint density at radius 3 is 0.903 bits per heavy atom. The van der Waals surface area contributed by atoms with Crippen LogP contribution in [0.1, 0.15) is 61.2 Å². The van der Waals surface area contributed by atoms with Gasteiger partial charge in [0.15, 0.2) is 0 Å². The number of nitrogens with zero attached hydrogens (tertiary/aromatic N) is 4. The summed E-state index contributed by atoms with van der Waals surface area (Å²) in [6.07, 6.45) is -18.7. The van der Waals surface area contributed by atoms with Gasteiger partial charge in [0, 0.05) is 32.7 Å². The number of hydrogen-bond acceptors (Lipinski definition) is 2. The van der Waals surface area contributed by atoms with Crippen LogP contribution < -0.4 is 0 Å². The van der Waals surface area contributed by atoms with Crippen LogP contribution in [0.25, 0.3) is 122 Å². The van der Waals surface area contributed by atoms with Gasteiger partial charge in [-0.1, -0.05) is 66.7 Å². The molecule has 0 N–H and O–H groups in total. The Morgan fingerprint density at radius 2 is 0.581 bits per heavy atom. The first-order valence-electron chi connectivity index (χ1n) is 29.2. The van der Waals surface area contributed by atoms with Crippen LogP contribution in [0.4, 0.5) is 52.7 Å². The molecule has 2 aromatic heterocycles. The van der Waals surface area contributed by atoms with Gasteiger partial charge in [-0.15, -0.1) is 0 Å². The highest BCUT2D eigenvalue weighted by Gasteiger charge is 2.35. The summed E-state index contributed by atoms with van der Waals surface area (Å²) in [5, 5.41) is 22.8. The SMILES string of the molecule is Cc1cc(-c2ccc3c(c2)c2cc(-c4cc(C)cc(C(F)(F)F)c4)ccc2n3-c2ccc(-c3ccc(C#N)cc3C)cc2-c2ccc(C#N)cc2-n2c3ccc(-c4cc(C)cc(C(F)(F)F)c4)cc3c3cc(-c4cc(C)cc(C(F)(F)F)c4)ccc32)cc(C(F)(F)F)c1. The molecule has 0 bridgehead atoms. The van der Waals surface area contributed by atoms with E-state index >= 15 is 0 Å². The van der Waals surface area contributed by atoms with Crippen molar-refractivity contribution in [3.8, 4) is 90.3 Å². The molecule has 13 aromatic rings. The maximum Gasteiger partial charge on any atom is 0.416 e. The Labute approximate surface area is 524 Å². The van der Waals surface area contributed by atoms with Crippen molar-refractivity contribution < 1.29 is 52.7 Å². The van der Waals surface area contributed by atoms with Crippen molar-refractivity contribution in [3.63, 3.8) is 0 Å². The minimum Gasteiger partial charge on any atom is -0.309 e. The van der Waals surface area contributed by atoms with Gasteiger partial charge in [0.25, 0.3) is 0 Å². The molecule has 4 nitrogen and oxygen atoms in total. The maximum absolute atomic E-state index is 14.4. The van der Waals surface area contributed by atoms with Crippen molar-refractivity contribution >= 4 is 43.6 Å². The Hall–Kier alpha value is -10.8. The van der Waals surface area contributed by atoms with Gasteiger partial charge < -0.3 is 9.13 Å². The fourth-order valence-corrected chi connectivity index (χ4v) is 12.9. The number of halogens is 12. The summed E-state index contributed by atoms with van der Waals surface area (Å²) in [5.74, 6) is 0. The van der Waals surface area contributed by atoms with Gasteiger partial charge in [0.1, 0.15) is 0 Å². The number of benzene rings is 11. The summed E-state index contributed by atoms with van der Waals surface area (Å²) in [6, 6.07) is 56.3. The number of alkyl halides is 12. The first-order valence-corrected chi connectivity index (χ1v) is 29.2. The van der Waals surface area contributed by atoms with Crippen LogP contribution in [0.15, 0.2) is 200 Å². The molecule has 0 radical (unpaired) electrons. The predicted octanol–water partition coefficient (Wildman–Crippen LogP) is 23.2. The summed E-state index contributed by atoms with van der Waals surface area (Å²) >= 11 is 0. The van der Waals surface area contributed by atoms with E-state index in [9.17, 15) is 63.2 Å². The zero-order valence-electron chi connectivity index (χ0n) is 49.9.